The summed E-state index contributed by atoms with van der Waals surface area (Å²) in [6.45, 7) is 2.65. The van der Waals surface area contributed by atoms with Crippen molar-refractivity contribution in [1.82, 2.24) is 18.7 Å². The van der Waals surface area contributed by atoms with Crippen LogP contribution in [0.5, 0.6) is 0 Å². The Bertz CT molecular complexity index is 965. The van der Waals surface area contributed by atoms with Crippen LogP contribution in [0.1, 0.15) is 12.0 Å². The molecule has 0 atom stereocenters. The number of sulfonamides is 1. The normalized spacial score (nSPS) is 14.6. The highest BCUT2D eigenvalue weighted by molar-refractivity contribution is 7.89. The van der Waals surface area contributed by atoms with E-state index in [4.69, 9.17) is 17.0 Å². The molecule has 3 rings (SSSR count). The van der Waals surface area contributed by atoms with E-state index in [2.05, 4.69) is 10.00 Å². The minimum atomic E-state index is -3.43. The number of ether oxygens (including phenoxy) is 1. The number of aromatic nitrogens is 3. The van der Waals surface area contributed by atoms with Gasteiger partial charge in [-0.3, -0.25) is 0 Å². The van der Waals surface area contributed by atoms with Crippen molar-refractivity contribution >= 4 is 27.9 Å². The van der Waals surface area contributed by atoms with Crippen LogP contribution >= 0.6 is 12.2 Å². The number of hydrogen-bond donors (Lipinski definition) is 0. The van der Waals surface area contributed by atoms with E-state index in [0.717, 1.165) is 30.6 Å². The number of aryl methyl sites for hydroxylation is 1. The molecule has 1 aliphatic rings. The van der Waals surface area contributed by atoms with Crippen molar-refractivity contribution in [2.75, 3.05) is 39.3 Å². The van der Waals surface area contributed by atoms with Gasteiger partial charge in [-0.15, -0.1) is 0 Å². The van der Waals surface area contributed by atoms with E-state index in [1.54, 1.807) is 44.3 Å². The summed E-state index contributed by atoms with van der Waals surface area (Å²) >= 11 is 5.50. The lowest BCUT2D eigenvalue weighted by atomic mass is 10.0. The van der Waals surface area contributed by atoms with Crippen molar-refractivity contribution in [1.29, 1.82) is 0 Å². The molecule has 8 nitrogen and oxygen atoms in total. The van der Waals surface area contributed by atoms with Crippen LogP contribution in [0.2, 0.25) is 0 Å². The minimum absolute atomic E-state index is 0.327. The van der Waals surface area contributed by atoms with Crippen LogP contribution in [0.4, 0.5) is 5.69 Å². The Labute approximate surface area is 165 Å². The predicted octanol–water partition coefficient (Wildman–Crippen LogP) is 1.72. The smallest absolute Gasteiger partial charge is 0.242 e. The van der Waals surface area contributed by atoms with Gasteiger partial charge in [0.1, 0.15) is 13.0 Å². The molecule has 1 aliphatic heterocycles. The van der Waals surface area contributed by atoms with E-state index < -0.39 is 10.0 Å². The molecule has 10 heteroatoms. The van der Waals surface area contributed by atoms with Crippen LogP contribution in [0.25, 0.3) is 0 Å². The van der Waals surface area contributed by atoms with Gasteiger partial charge in [-0.1, -0.05) is 0 Å². The third kappa shape index (κ3) is 4.08. The maximum atomic E-state index is 12.4. The zero-order chi connectivity index (χ0) is 19.6. The van der Waals surface area contributed by atoms with Gasteiger partial charge in [0, 0.05) is 40.0 Å². The fourth-order valence-corrected chi connectivity index (χ4v) is 4.34. The lowest BCUT2D eigenvalue weighted by molar-refractivity contribution is 0.186. The summed E-state index contributed by atoms with van der Waals surface area (Å²) in [5.41, 5.74) is 2.07. The molecule has 0 saturated heterocycles. The largest absolute Gasteiger partial charge is 0.383 e. The first-order valence-corrected chi connectivity index (χ1v) is 10.6. The zero-order valence-corrected chi connectivity index (χ0v) is 17.5. The Balaban J connectivity index is 1.85. The molecule has 0 amide bonds. The van der Waals surface area contributed by atoms with Gasteiger partial charge in [0.15, 0.2) is 4.77 Å². The fraction of sp³-hybridized carbons (Fsp3) is 0.529. The molecule has 0 N–H and O–H groups in total. The van der Waals surface area contributed by atoms with E-state index in [1.807, 2.05) is 10.6 Å². The first-order valence-electron chi connectivity index (χ1n) is 8.76. The van der Waals surface area contributed by atoms with Gasteiger partial charge in [0.2, 0.25) is 10.0 Å². The van der Waals surface area contributed by atoms with Crippen molar-refractivity contribution in [3.8, 4) is 0 Å². The summed E-state index contributed by atoms with van der Waals surface area (Å²) in [5, 5.41) is 4.39. The highest BCUT2D eigenvalue weighted by atomic mass is 32.2. The van der Waals surface area contributed by atoms with Gasteiger partial charge in [-0.25, -0.2) is 17.4 Å². The summed E-state index contributed by atoms with van der Waals surface area (Å²) in [4.78, 5) is 2.52. The molecule has 0 spiro atoms. The van der Waals surface area contributed by atoms with E-state index in [-0.39, 0.29) is 0 Å². The lowest BCUT2D eigenvalue weighted by Gasteiger charge is -2.31. The molecule has 27 heavy (non-hydrogen) atoms. The number of hydrogen-bond acceptors (Lipinski definition) is 6. The second kappa shape index (κ2) is 8.09. The second-order valence-electron chi connectivity index (χ2n) is 6.69. The second-order valence-corrected chi connectivity index (χ2v) is 9.20. The monoisotopic (exact) mass is 411 g/mol. The zero-order valence-electron chi connectivity index (χ0n) is 15.8. The van der Waals surface area contributed by atoms with Crippen LogP contribution < -0.4 is 4.90 Å². The van der Waals surface area contributed by atoms with E-state index in [0.29, 0.717) is 29.5 Å². The molecule has 0 aliphatic carbocycles. The Morgan fingerprint density at radius 3 is 2.81 bits per heavy atom. The average molecular weight is 412 g/mol. The first-order chi connectivity index (χ1) is 12.8. The van der Waals surface area contributed by atoms with Crippen LogP contribution in [-0.4, -0.2) is 61.4 Å². The number of rotatable bonds is 7. The summed E-state index contributed by atoms with van der Waals surface area (Å²) < 4.78 is 35.4. The van der Waals surface area contributed by atoms with Crippen LogP contribution in [-0.2, 0) is 34.4 Å². The molecule has 2 heterocycles. The Morgan fingerprint density at radius 2 is 2.11 bits per heavy atom. The molecule has 0 fully saturated rings. The molecule has 2 aromatic rings. The fourth-order valence-electron chi connectivity index (χ4n) is 3.14. The number of nitrogens with zero attached hydrogens (tertiary/aromatic N) is 5. The summed E-state index contributed by atoms with van der Waals surface area (Å²) in [6, 6.07) is 5.34. The molecular weight excluding hydrogens is 386 g/mol. The molecule has 0 unspecified atom stereocenters. The topological polar surface area (TPSA) is 72.6 Å². The predicted molar refractivity (Wildman–Crippen MR) is 106 cm³/mol. The number of fused-ring (bicyclic) bond motifs is 1. The van der Waals surface area contributed by atoms with Crippen molar-refractivity contribution in [3.63, 3.8) is 0 Å². The molecule has 0 radical (unpaired) electrons. The third-order valence-electron chi connectivity index (χ3n) is 4.68. The Kier molecular flexibility index (Phi) is 5.99. The Hall–Kier alpha value is -1.75. The van der Waals surface area contributed by atoms with Gasteiger partial charge in [-0.05, 0) is 48.8 Å². The molecule has 1 aromatic heterocycles. The standard InChI is InChI=1S/C17H25N5O3S2/c1-19(2)27(23,24)15-6-7-16-14(11-15)5-4-8-21(16)13-22-17(26)20(12-18-22)9-10-25-3/h6-7,11-12H,4-5,8-10,13H2,1-3H3. The SMILES string of the molecule is COCCn1cnn(CN2CCCc3cc(S(=O)(=O)N(C)C)ccc32)c1=S. The van der Waals surface area contributed by atoms with Gasteiger partial charge in [0.25, 0.3) is 0 Å². The van der Waals surface area contributed by atoms with Gasteiger partial charge in [-0.2, -0.15) is 5.10 Å². The molecule has 0 bridgehead atoms. The maximum absolute atomic E-state index is 12.4. The first kappa shape index (κ1) is 20.0. The van der Waals surface area contributed by atoms with Gasteiger partial charge < -0.3 is 14.2 Å². The minimum Gasteiger partial charge on any atom is -0.383 e. The van der Waals surface area contributed by atoms with Crippen molar-refractivity contribution in [2.45, 2.75) is 31.0 Å². The number of methoxy groups -OCH3 is 1. The third-order valence-corrected chi connectivity index (χ3v) is 6.94. The highest BCUT2D eigenvalue weighted by Gasteiger charge is 2.23. The molecule has 0 saturated carbocycles. The summed E-state index contributed by atoms with van der Waals surface area (Å²) in [6.07, 6.45) is 3.53. The van der Waals surface area contributed by atoms with E-state index in [1.165, 1.54) is 4.31 Å². The Morgan fingerprint density at radius 1 is 1.33 bits per heavy atom. The lowest BCUT2D eigenvalue weighted by Crippen LogP contribution is -2.32. The molecular formula is C17H25N5O3S2. The van der Waals surface area contributed by atoms with Crippen LogP contribution in [0.3, 0.4) is 0 Å². The van der Waals surface area contributed by atoms with Crippen molar-refractivity contribution < 1.29 is 13.2 Å². The maximum Gasteiger partial charge on any atom is 0.242 e. The van der Waals surface area contributed by atoms with Crippen LogP contribution in [0, 0.1) is 4.77 Å². The van der Waals surface area contributed by atoms with Gasteiger partial charge in [0.05, 0.1) is 11.5 Å². The van der Waals surface area contributed by atoms with Crippen molar-refractivity contribution in [3.05, 3.63) is 34.9 Å². The quantitative estimate of drug-likeness (QED) is 0.646. The number of benzene rings is 1. The number of anilines is 1. The summed E-state index contributed by atoms with van der Waals surface area (Å²) in [5.74, 6) is 0. The molecule has 148 valence electrons. The van der Waals surface area contributed by atoms with Gasteiger partial charge >= 0.3 is 0 Å². The average Bonchev–Trinajstić information content (AvgIpc) is 2.99. The van der Waals surface area contributed by atoms with E-state index in [9.17, 15) is 8.42 Å². The summed E-state index contributed by atoms with van der Waals surface area (Å²) in [7, 11) is 1.31. The highest BCUT2D eigenvalue weighted by Crippen LogP contribution is 2.30. The van der Waals surface area contributed by atoms with Crippen molar-refractivity contribution in [2.24, 2.45) is 0 Å². The molecule has 1 aromatic carbocycles. The van der Waals surface area contributed by atoms with Crippen LogP contribution in [0.15, 0.2) is 29.4 Å². The van der Waals surface area contributed by atoms with E-state index >= 15 is 0 Å².